The van der Waals surface area contributed by atoms with Gasteiger partial charge in [0.2, 0.25) is 0 Å². The van der Waals surface area contributed by atoms with Gasteiger partial charge in [-0.05, 0) is 0 Å². The first kappa shape index (κ1) is 23.1. The molecular weight excluding hydrogens is 130 g/mol. The van der Waals surface area contributed by atoms with E-state index in [-0.39, 0.29) is 71.5 Å². The normalized spacial score (nSPS) is 3.43. The Morgan fingerprint density at radius 2 is 1.29 bits per heavy atom. The van der Waals surface area contributed by atoms with Gasteiger partial charge in [-0.3, -0.25) is 4.46 Å². The van der Waals surface area contributed by atoms with Crippen LogP contribution in [0.3, 0.4) is 0 Å². The molecule has 0 atom stereocenters. The molecule has 0 aliphatic rings. The first-order valence-corrected chi connectivity index (χ1v) is 1.95. The molecule has 0 aliphatic heterocycles. The van der Waals surface area contributed by atoms with Gasteiger partial charge in [-0.25, -0.2) is 0 Å². The third-order valence-electron chi connectivity index (χ3n) is 0. The molecule has 2 N–H and O–H groups in total. The molecule has 0 rings (SSSR count). The van der Waals surface area contributed by atoms with Crippen LogP contribution in [0.5, 0.6) is 0 Å². The molecule has 0 aromatic rings. The van der Waals surface area contributed by atoms with Crippen LogP contribution in [0, 0.1) is 0 Å². The summed E-state index contributed by atoms with van der Waals surface area (Å²) in [4.78, 5) is 14.3. The number of hydrogen-bond acceptors (Lipinski definition) is 1. The van der Waals surface area contributed by atoms with Gasteiger partial charge in [0.15, 0.2) is 0 Å². The summed E-state index contributed by atoms with van der Waals surface area (Å²) in [6, 6.07) is 0. The van der Waals surface area contributed by atoms with Crippen molar-refractivity contribution in [3.05, 3.63) is 0 Å². The van der Waals surface area contributed by atoms with Crippen LogP contribution in [0.15, 0.2) is 0 Å². The molecule has 32 valence electrons. The Labute approximate surface area is 93.4 Å². The average Bonchev–Trinajstić information content (AvgIpc) is 0.811. The molecule has 0 aliphatic carbocycles. The molecule has 0 unspecified atom stereocenters. The van der Waals surface area contributed by atoms with Crippen molar-refractivity contribution >= 4 is 80.6 Å². The molecule has 0 saturated heterocycles. The van der Waals surface area contributed by atoms with Gasteiger partial charge in [-0.15, -0.1) is 0 Å². The summed E-state index contributed by atoms with van der Waals surface area (Å²) in [6.45, 7) is 0. The first-order chi connectivity index (χ1) is 1.73. The second-order valence-electron chi connectivity index (χ2n) is 0.283. The third-order valence-corrected chi connectivity index (χ3v) is 0. The summed E-state index contributed by atoms with van der Waals surface area (Å²) in [5.74, 6) is 0. The Kier molecular flexibility index (Phi) is 51.6. The second kappa shape index (κ2) is 15.7. The molecular formula is H6LiMgNaO3Si. The molecule has 0 heterocycles. The van der Waals surface area contributed by atoms with Gasteiger partial charge in [0.05, 0.1) is 0 Å². The van der Waals surface area contributed by atoms with Crippen molar-refractivity contribution in [1.82, 2.24) is 0 Å². The van der Waals surface area contributed by atoms with Crippen molar-refractivity contribution in [3.8, 4) is 0 Å². The van der Waals surface area contributed by atoms with E-state index in [4.69, 9.17) is 14.1 Å². The van der Waals surface area contributed by atoms with E-state index in [2.05, 4.69) is 0 Å². The maximum absolute atomic E-state index is 8.74. The number of hydrogen-bond donors (Lipinski definition) is 2. The Morgan fingerprint density at radius 1 is 1.29 bits per heavy atom. The summed E-state index contributed by atoms with van der Waals surface area (Å²) in [6.07, 6.45) is 0. The molecule has 7 heavy (non-hydrogen) atoms. The standard InChI is InChI=1S/Li.Mg.Na.H2O3Si.4H/c;;;1-4(2)3;;;;/h;;;1-2H;;;;. The van der Waals surface area contributed by atoms with Gasteiger partial charge in [0, 0.05) is 0 Å². The zero-order valence-electron chi connectivity index (χ0n) is 1.80. The number of rotatable bonds is 0. The Hall–Kier alpha value is 1.98. The quantitative estimate of drug-likeness (QED) is 0.336. The predicted molar refractivity (Wildman–Crippen MR) is 33.7 cm³/mol. The van der Waals surface area contributed by atoms with Gasteiger partial charge >= 0.3 is 80.6 Å². The van der Waals surface area contributed by atoms with Gasteiger partial charge in [0.25, 0.3) is 0 Å². The molecule has 0 fully saturated rings. The summed E-state index contributed by atoms with van der Waals surface area (Å²) in [7, 11) is -3.13. The third kappa shape index (κ3) is 72.8. The van der Waals surface area contributed by atoms with Crippen molar-refractivity contribution in [3.63, 3.8) is 0 Å². The molecule has 0 spiro atoms. The van der Waals surface area contributed by atoms with Crippen molar-refractivity contribution in [1.29, 1.82) is 0 Å². The van der Waals surface area contributed by atoms with E-state index in [1.165, 1.54) is 0 Å². The van der Waals surface area contributed by atoms with Gasteiger partial charge < -0.3 is 9.59 Å². The van der Waals surface area contributed by atoms with Crippen LogP contribution in [-0.2, 0) is 4.46 Å². The van der Waals surface area contributed by atoms with E-state index in [0.29, 0.717) is 0 Å². The minimum atomic E-state index is -3.13. The molecule has 0 bridgehead atoms. The molecule has 0 aromatic carbocycles. The van der Waals surface area contributed by atoms with E-state index in [1.54, 1.807) is 0 Å². The Morgan fingerprint density at radius 3 is 1.29 bits per heavy atom. The van der Waals surface area contributed by atoms with Gasteiger partial charge in [-0.1, -0.05) is 0 Å². The molecule has 3 nitrogen and oxygen atoms in total. The molecule has 0 aromatic heterocycles. The molecule has 7 heteroatoms. The van der Waals surface area contributed by atoms with Crippen molar-refractivity contribution in [2.45, 2.75) is 0 Å². The van der Waals surface area contributed by atoms with E-state index < -0.39 is 9.17 Å². The van der Waals surface area contributed by atoms with Crippen LogP contribution < -0.4 is 0 Å². The average molecular weight is 136 g/mol. The SMILES string of the molecule is O=[Si](O)O.[LiH].[MgH2].[NaH]. The topological polar surface area (TPSA) is 57.5 Å². The molecule has 0 saturated carbocycles. The van der Waals surface area contributed by atoms with E-state index >= 15 is 0 Å². The van der Waals surface area contributed by atoms with Gasteiger partial charge in [0.1, 0.15) is 0 Å². The molecule has 0 radical (unpaired) electrons. The monoisotopic (exact) mass is 136 g/mol. The summed E-state index contributed by atoms with van der Waals surface area (Å²) < 4.78 is 8.74. The fraction of sp³-hybridized carbons (Fsp3) is 0. The van der Waals surface area contributed by atoms with Crippen molar-refractivity contribution in [2.24, 2.45) is 0 Å². The second-order valence-corrected chi connectivity index (χ2v) is 0.848. The van der Waals surface area contributed by atoms with Crippen LogP contribution >= 0.6 is 0 Å². The fourth-order valence-electron chi connectivity index (χ4n) is 0. The van der Waals surface area contributed by atoms with Gasteiger partial charge in [-0.2, -0.15) is 0 Å². The molecule has 0 amide bonds. The van der Waals surface area contributed by atoms with E-state index in [9.17, 15) is 0 Å². The van der Waals surface area contributed by atoms with Crippen LogP contribution in [0.25, 0.3) is 0 Å². The predicted octanol–water partition coefficient (Wildman–Crippen LogP) is -3.83. The Balaban J connectivity index is -0.0000000150. The van der Waals surface area contributed by atoms with Crippen LogP contribution in [0.2, 0.25) is 0 Å². The summed E-state index contributed by atoms with van der Waals surface area (Å²) >= 11 is 0. The first-order valence-electron chi connectivity index (χ1n) is 0.651. The van der Waals surface area contributed by atoms with E-state index in [1.807, 2.05) is 0 Å². The zero-order valence-corrected chi connectivity index (χ0v) is 2.80. The van der Waals surface area contributed by atoms with E-state index in [0.717, 1.165) is 0 Å². The van der Waals surface area contributed by atoms with Crippen LogP contribution in [-0.4, -0.2) is 90.2 Å². The van der Waals surface area contributed by atoms with Crippen molar-refractivity contribution < 1.29 is 14.1 Å². The summed E-state index contributed by atoms with van der Waals surface area (Å²) in [5.41, 5.74) is 0. The zero-order chi connectivity index (χ0) is 3.58. The van der Waals surface area contributed by atoms with Crippen LogP contribution in [0.4, 0.5) is 0 Å². The summed E-state index contributed by atoms with van der Waals surface area (Å²) in [5, 5.41) is 0. The Bertz CT molecular complexity index is 37.9. The minimum absolute atomic E-state index is 0. The van der Waals surface area contributed by atoms with Crippen molar-refractivity contribution in [2.75, 3.05) is 0 Å². The fourth-order valence-corrected chi connectivity index (χ4v) is 0. The van der Waals surface area contributed by atoms with Crippen LogP contribution in [0.1, 0.15) is 0 Å². The maximum atomic E-state index is 8.74.